The SMILES string of the molecule is NC[C@H]1CC[C@@H](C(=O)NCC(c2ccc(F)cc2)N2CCOCC2)O1. The fraction of sp³-hybridized carbons (Fsp3) is 0.611. The monoisotopic (exact) mass is 351 g/mol. The fourth-order valence-electron chi connectivity index (χ4n) is 3.41. The van der Waals surface area contributed by atoms with Crippen LogP contribution in [0.25, 0.3) is 0 Å². The predicted molar refractivity (Wildman–Crippen MR) is 91.5 cm³/mol. The van der Waals surface area contributed by atoms with E-state index in [9.17, 15) is 9.18 Å². The average Bonchev–Trinajstić information content (AvgIpc) is 3.13. The van der Waals surface area contributed by atoms with Gasteiger partial charge >= 0.3 is 0 Å². The van der Waals surface area contributed by atoms with Gasteiger partial charge in [-0.05, 0) is 30.5 Å². The van der Waals surface area contributed by atoms with Crippen molar-refractivity contribution in [2.75, 3.05) is 39.4 Å². The molecule has 1 unspecified atom stereocenters. The molecule has 0 bridgehead atoms. The summed E-state index contributed by atoms with van der Waals surface area (Å²) in [6.07, 6.45) is 1.07. The zero-order valence-electron chi connectivity index (χ0n) is 14.3. The summed E-state index contributed by atoms with van der Waals surface area (Å²) in [6, 6.07) is 6.45. The lowest BCUT2D eigenvalue weighted by Gasteiger charge is -2.35. The van der Waals surface area contributed by atoms with Crippen LogP contribution in [0.3, 0.4) is 0 Å². The molecule has 1 amide bonds. The summed E-state index contributed by atoms with van der Waals surface area (Å²) < 4.78 is 24.3. The summed E-state index contributed by atoms with van der Waals surface area (Å²) in [5.74, 6) is -0.364. The van der Waals surface area contributed by atoms with Crippen LogP contribution in [0.1, 0.15) is 24.4 Å². The van der Waals surface area contributed by atoms with Crippen molar-refractivity contribution >= 4 is 5.91 Å². The molecule has 2 fully saturated rings. The van der Waals surface area contributed by atoms with Gasteiger partial charge in [0.15, 0.2) is 0 Å². The minimum Gasteiger partial charge on any atom is -0.379 e. The second kappa shape index (κ2) is 8.71. The number of nitrogens with zero attached hydrogens (tertiary/aromatic N) is 1. The topological polar surface area (TPSA) is 76.8 Å². The van der Waals surface area contributed by atoms with Gasteiger partial charge < -0.3 is 20.5 Å². The Morgan fingerprint density at radius 3 is 2.64 bits per heavy atom. The number of rotatable bonds is 6. The molecule has 3 rings (SSSR count). The molecule has 3 atom stereocenters. The number of carbonyl (C=O) groups is 1. The van der Waals surface area contributed by atoms with Crippen LogP contribution in [-0.4, -0.2) is 62.4 Å². The largest absolute Gasteiger partial charge is 0.379 e. The number of nitrogens with one attached hydrogen (secondary N) is 1. The van der Waals surface area contributed by atoms with Crippen LogP contribution in [-0.2, 0) is 14.3 Å². The molecule has 1 aromatic rings. The van der Waals surface area contributed by atoms with E-state index in [1.807, 2.05) is 0 Å². The molecule has 2 heterocycles. The number of hydrogen-bond acceptors (Lipinski definition) is 5. The first-order valence-corrected chi connectivity index (χ1v) is 8.88. The summed E-state index contributed by atoms with van der Waals surface area (Å²) in [5.41, 5.74) is 6.58. The van der Waals surface area contributed by atoms with E-state index >= 15 is 0 Å². The van der Waals surface area contributed by atoms with Crippen LogP contribution in [0.15, 0.2) is 24.3 Å². The van der Waals surface area contributed by atoms with Crippen LogP contribution in [0.2, 0.25) is 0 Å². The predicted octanol–water partition coefficient (Wildman–Crippen LogP) is 0.821. The van der Waals surface area contributed by atoms with E-state index < -0.39 is 6.10 Å². The fourth-order valence-corrected chi connectivity index (χ4v) is 3.41. The molecule has 2 aliphatic heterocycles. The Hall–Kier alpha value is -1.54. The highest BCUT2D eigenvalue weighted by Gasteiger charge is 2.31. The zero-order chi connectivity index (χ0) is 17.6. The van der Waals surface area contributed by atoms with Crippen molar-refractivity contribution in [1.29, 1.82) is 0 Å². The quantitative estimate of drug-likeness (QED) is 0.794. The van der Waals surface area contributed by atoms with Gasteiger partial charge in [-0.25, -0.2) is 4.39 Å². The molecular weight excluding hydrogens is 325 g/mol. The van der Waals surface area contributed by atoms with Gasteiger partial charge in [-0.15, -0.1) is 0 Å². The first kappa shape index (κ1) is 18.3. The molecule has 0 radical (unpaired) electrons. The summed E-state index contributed by atoms with van der Waals surface area (Å²) in [7, 11) is 0. The van der Waals surface area contributed by atoms with Gasteiger partial charge in [0.2, 0.25) is 5.91 Å². The third-order valence-electron chi connectivity index (χ3n) is 4.87. The summed E-state index contributed by atoms with van der Waals surface area (Å²) in [6.45, 7) is 3.79. The number of carbonyl (C=O) groups excluding carboxylic acids is 1. The highest BCUT2D eigenvalue weighted by Crippen LogP contribution is 2.23. The van der Waals surface area contributed by atoms with Gasteiger partial charge in [-0.3, -0.25) is 9.69 Å². The van der Waals surface area contributed by atoms with Crippen LogP contribution in [0, 0.1) is 5.82 Å². The average molecular weight is 351 g/mol. The van der Waals surface area contributed by atoms with Crippen molar-refractivity contribution in [1.82, 2.24) is 10.2 Å². The number of halogens is 1. The van der Waals surface area contributed by atoms with Crippen molar-refractivity contribution < 1.29 is 18.7 Å². The summed E-state index contributed by atoms with van der Waals surface area (Å²) in [5, 5.41) is 3.00. The minimum atomic E-state index is -0.424. The maximum absolute atomic E-state index is 13.3. The standard InChI is InChI=1S/C18H26FN3O3/c19-14-3-1-13(2-4-14)16(22-7-9-24-10-8-22)12-21-18(23)17-6-5-15(11-20)25-17/h1-4,15-17H,5-12,20H2,(H,21,23)/t15-,16?,17+/m1/s1. The van der Waals surface area contributed by atoms with Gasteiger partial charge in [0, 0.05) is 26.2 Å². The summed E-state index contributed by atoms with van der Waals surface area (Å²) in [4.78, 5) is 14.7. The molecule has 138 valence electrons. The molecule has 2 aliphatic rings. The smallest absolute Gasteiger partial charge is 0.249 e. The molecule has 0 saturated carbocycles. The van der Waals surface area contributed by atoms with Crippen LogP contribution < -0.4 is 11.1 Å². The van der Waals surface area contributed by atoms with Crippen molar-refractivity contribution in [3.05, 3.63) is 35.6 Å². The molecule has 7 heteroatoms. The summed E-state index contributed by atoms with van der Waals surface area (Å²) >= 11 is 0. The first-order chi connectivity index (χ1) is 12.2. The number of hydrogen-bond donors (Lipinski definition) is 2. The lowest BCUT2D eigenvalue weighted by atomic mass is 10.0. The van der Waals surface area contributed by atoms with E-state index in [1.54, 1.807) is 12.1 Å². The van der Waals surface area contributed by atoms with E-state index in [1.165, 1.54) is 12.1 Å². The molecule has 2 saturated heterocycles. The Morgan fingerprint density at radius 2 is 2.00 bits per heavy atom. The van der Waals surface area contributed by atoms with E-state index in [-0.39, 0.29) is 23.9 Å². The van der Waals surface area contributed by atoms with Gasteiger partial charge in [-0.2, -0.15) is 0 Å². The first-order valence-electron chi connectivity index (χ1n) is 8.88. The van der Waals surface area contributed by atoms with Crippen molar-refractivity contribution in [2.24, 2.45) is 5.73 Å². The molecule has 25 heavy (non-hydrogen) atoms. The number of benzene rings is 1. The maximum Gasteiger partial charge on any atom is 0.249 e. The molecule has 0 spiro atoms. The van der Waals surface area contributed by atoms with E-state index in [0.717, 1.165) is 25.1 Å². The second-order valence-corrected chi connectivity index (χ2v) is 6.52. The number of morpholine rings is 1. The Morgan fingerprint density at radius 1 is 1.28 bits per heavy atom. The van der Waals surface area contributed by atoms with Gasteiger partial charge in [-0.1, -0.05) is 12.1 Å². The second-order valence-electron chi connectivity index (χ2n) is 6.52. The Bertz CT molecular complexity index is 563. The molecule has 0 aliphatic carbocycles. The Labute approximate surface area is 147 Å². The highest BCUT2D eigenvalue weighted by molar-refractivity contribution is 5.81. The number of nitrogens with two attached hydrogens (primary N) is 1. The van der Waals surface area contributed by atoms with E-state index in [4.69, 9.17) is 15.2 Å². The van der Waals surface area contributed by atoms with Crippen molar-refractivity contribution in [3.8, 4) is 0 Å². The molecule has 3 N–H and O–H groups in total. The highest BCUT2D eigenvalue weighted by atomic mass is 19.1. The van der Waals surface area contributed by atoms with E-state index in [0.29, 0.717) is 32.7 Å². The molecular formula is C18H26FN3O3. The molecule has 0 aromatic heterocycles. The van der Waals surface area contributed by atoms with E-state index in [2.05, 4.69) is 10.2 Å². The van der Waals surface area contributed by atoms with Crippen molar-refractivity contribution in [2.45, 2.75) is 31.1 Å². The number of ether oxygens (including phenoxy) is 2. The molecule has 1 aromatic carbocycles. The van der Waals surface area contributed by atoms with Gasteiger partial charge in [0.25, 0.3) is 0 Å². The van der Waals surface area contributed by atoms with Gasteiger partial charge in [0.1, 0.15) is 11.9 Å². The van der Waals surface area contributed by atoms with Crippen LogP contribution >= 0.6 is 0 Å². The van der Waals surface area contributed by atoms with Crippen LogP contribution in [0.5, 0.6) is 0 Å². The number of amides is 1. The zero-order valence-corrected chi connectivity index (χ0v) is 14.3. The molecule has 6 nitrogen and oxygen atoms in total. The Kier molecular flexibility index (Phi) is 6.36. The van der Waals surface area contributed by atoms with Crippen LogP contribution in [0.4, 0.5) is 4.39 Å². The Balaban J connectivity index is 1.63. The minimum absolute atomic E-state index is 0.0137. The third-order valence-corrected chi connectivity index (χ3v) is 4.87. The lowest BCUT2D eigenvalue weighted by Crippen LogP contribution is -2.45. The normalized spacial score (nSPS) is 25.7. The third kappa shape index (κ3) is 4.76. The van der Waals surface area contributed by atoms with Gasteiger partial charge in [0.05, 0.1) is 25.4 Å². The lowest BCUT2D eigenvalue weighted by molar-refractivity contribution is -0.132. The maximum atomic E-state index is 13.3. The van der Waals surface area contributed by atoms with Crippen molar-refractivity contribution in [3.63, 3.8) is 0 Å².